The highest BCUT2D eigenvalue weighted by Crippen LogP contribution is 2.41. The first-order valence-corrected chi connectivity index (χ1v) is 7.87. The number of carboxylic acids is 1. The third-order valence-corrected chi connectivity index (χ3v) is 5.49. The molecule has 2 heterocycles. The SMILES string of the molecule is CC(C)(C)C1CCc2c(sc3nc(C(=O)O)[nH]c(=O)c23)C1. The molecule has 1 aliphatic rings. The summed E-state index contributed by atoms with van der Waals surface area (Å²) in [6, 6.07) is 0. The zero-order valence-corrected chi connectivity index (χ0v) is 13.1. The molecule has 2 N–H and O–H groups in total. The van der Waals surface area contributed by atoms with E-state index in [1.165, 1.54) is 16.2 Å². The fraction of sp³-hybridized carbons (Fsp3) is 0.533. The van der Waals surface area contributed by atoms with Crippen LogP contribution >= 0.6 is 11.3 Å². The standard InChI is InChI=1S/C15H18N2O3S/c1-15(2,3)7-4-5-8-9(6-7)21-13-10(8)12(18)16-11(17-13)14(19)20/h7H,4-6H2,1-3H3,(H,19,20)(H,16,17,18). The maximum absolute atomic E-state index is 12.2. The molecule has 0 aromatic carbocycles. The molecule has 0 bridgehead atoms. The average molecular weight is 306 g/mol. The van der Waals surface area contributed by atoms with E-state index in [4.69, 9.17) is 5.11 Å². The first-order valence-electron chi connectivity index (χ1n) is 7.05. The molecule has 2 aromatic heterocycles. The minimum Gasteiger partial charge on any atom is -0.475 e. The molecule has 1 aliphatic carbocycles. The Balaban J connectivity index is 2.13. The number of nitrogens with one attached hydrogen (secondary N) is 1. The Morgan fingerprint density at radius 1 is 1.43 bits per heavy atom. The average Bonchev–Trinajstić information content (AvgIpc) is 2.74. The number of rotatable bonds is 1. The number of aromatic amines is 1. The van der Waals surface area contributed by atoms with Crippen molar-refractivity contribution in [1.29, 1.82) is 0 Å². The van der Waals surface area contributed by atoms with E-state index in [-0.39, 0.29) is 16.8 Å². The van der Waals surface area contributed by atoms with Crippen molar-refractivity contribution in [2.45, 2.75) is 40.0 Å². The molecule has 0 fully saturated rings. The van der Waals surface area contributed by atoms with Crippen LogP contribution in [0.3, 0.4) is 0 Å². The number of aryl methyl sites for hydroxylation is 1. The summed E-state index contributed by atoms with van der Waals surface area (Å²) in [5, 5.41) is 9.58. The van der Waals surface area contributed by atoms with Gasteiger partial charge in [-0.3, -0.25) is 4.79 Å². The van der Waals surface area contributed by atoms with Gasteiger partial charge in [0.15, 0.2) is 0 Å². The van der Waals surface area contributed by atoms with Crippen LogP contribution in [0.1, 0.15) is 48.3 Å². The van der Waals surface area contributed by atoms with Gasteiger partial charge in [-0.15, -0.1) is 11.3 Å². The molecule has 21 heavy (non-hydrogen) atoms. The van der Waals surface area contributed by atoms with Gasteiger partial charge in [0.2, 0.25) is 5.82 Å². The number of nitrogens with zero attached hydrogens (tertiary/aromatic N) is 1. The number of aromatic carboxylic acids is 1. The zero-order chi connectivity index (χ0) is 15.4. The summed E-state index contributed by atoms with van der Waals surface area (Å²) in [5.41, 5.74) is 0.977. The Labute approximate surface area is 126 Å². The van der Waals surface area contributed by atoms with Crippen molar-refractivity contribution in [2.75, 3.05) is 0 Å². The molecule has 0 radical (unpaired) electrons. The lowest BCUT2D eigenvalue weighted by Gasteiger charge is -2.33. The second-order valence-corrected chi connectivity index (χ2v) is 7.79. The van der Waals surface area contributed by atoms with Gasteiger partial charge >= 0.3 is 5.97 Å². The van der Waals surface area contributed by atoms with Crippen molar-refractivity contribution < 1.29 is 9.90 Å². The number of carboxylic acid groups (broad SMARTS) is 1. The minimum absolute atomic E-state index is 0.236. The maximum Gasteiger partial charge on any atom is 0.372 e. The lowest BCUT2D eigenvalue weighted by molar-refractivity contribution is 0.0683. The number of fused-ring (bicyclic) bond motifs is 3. The molecule has 3 rings (SSSR count). The molecule has 0 saturated carbocycles. The van der Waals surface area contributed by atoms with Crippen LogP contribution < -0.4 is 5.56 Å². The molecule has 112 valence electrons. The molecule has 2 aromatic rings. The number of hydrogen-bond donors (Lipinski definition) is 2. The summed E-state index contributed by atoms with van der Waals surface area (Å²) in [5.74, 6) is -0.900. The molecule has 1 atom stereocenters. The van der Waals surface area contributed by atoms with Gasteiger partial charge in [0.25, 0.3) is 5.56 Å². The van der Waals surface area contributed by atoms with Crippen LogP contribution in [0.15, 0.2) is 4.79 Å². The van der Waals surface area contributed by atoms with E-state index in [0.29, 0.717) is 16.1 Å². The van der Waals surface area contributed by atoms with Gasteiger partial charge in [-0.05, 0) is 36.2 Å². The van der Waals surface area contributed by atoms with Crippen LogP contribution in [0.5, 0.6) is 0 Å². The summed E-state index contributed by atoms with van der Waals surface area (Å²) < 4.78 is 0. The molecule has 0 amide bonds. The normalized spacial score (nSPS) is 18.7. The lowest BCUT2D eigenvalue weighted by atomic mass is 9.72. The van der Waals surface area contributed by atoms with Crippen molar-refractivity contribution in [2.24, 2.45) is 11.3 Å². The molecule has 5 nitrogen and oxygen atoms in total. The van der Waals surface area contributed by atoms with Crippen molar-refractivity contribution in [3.8, 4) is 0 Å². The largest absolute Gasteiger partial charge is 0.475 e. The van der Waals surface area contributed by atoms with Crippen LogP contribution in [0.4, 0.5) is 0 Å². The fourth-order valence-corrected chi connectivity index (χ4v) is 4.32. The van der Waals surface area contributed by atoms with Crippen LogP contribution in [0, 0.1) is 11.3 Å². The zero-order valence-electron chi connectivity index (χ0n) is 12.3. The third kappa shape index (κ3) is 2.37. The summed E-state index contributed by atoms with van der Waals surface area (Å²) in [6.45, 7) is 6.72. The Hall–Kier alpha value is -1.69. The minimum atomic E-state index is -1.20. The van der Waals surface area contributed by atoms with Gasteiger partial charge < -0.3 is 10.1 Å². The highest BCUT2D eigenvalue weighted by atomic mass is 32.1. The topological polar surface area (TPSA) is 83.0 Å². The Morgan fingerprint density at radius 2 is 2.14 bits per heavy atom. The summed E-state index contributed by atoms with van der Waals surface area (Å²) >= 11 is 1.47. The van der Waals surface area contributed by atoms with Crippen molar-refractivity contribution in [1.82, 2.24) is 9.97 Å². The quantitative estimate of drug-likeness (QED) is 0.848. The summed E-state index contributed by atoms with van der Waals surface area (Å²) in [4.78, 5) is 31.4. The second kappa shape index (κ2) is 4.66. The second-order valence-electron chi connectivity index (χ2n) is 6.71. The van der Waals surface area contributed by atoms with E-state index < -0.39 is 5.97 Å². The monoisotopic (exact) mass is 306 g/mol. The Kier molecular flexibility index (Phi) is 3.16. The molecule has 6 heteroatoms. The van der Waals surface area contributed by atoms with Crippen LogP contribution in [-0.2, 0) is 12.8 Å². The van der Waals surface area contributed by atoms with Gasteiger partial charge in [-0.2, -0.15) is 0 Å². The molecule has 0 spiro atoms. The number of thiophene rings is 1. The molecule has 0 saturated heterocycles. The van der Waals surface area contributed by atoms with Crippen LogP contribution in [0.25, 0.3) is 10.2 Å². The van der Waals surface area contributed by atoms with E-state index in [1.54, 1.807) is 0 Å². The Bertz CT molecular complexity index is 783. The van der Waals surface area contributed by atoms with Gasteiger partial charge in [0, 0.05) is 4.88 Å². The summed E-state index contributed by atoms with van der Waals surface area (Å²) in [7, 11) is 0. The van der Waals surface area contributed by atoms with Crippen molar-refractivity contribution in [3.63, 3.8) is 0 Å². The predicted molar refractivity (Wildman–Crippen MR) is 82.2 cm³/mol. The van der Waals surface area contributed by atoms with Crippen molar-refractivity contribution in [3.05, 3.63) is 26.6 Å². The Morgan fingerprint density at radius 3 is 2.76 bits per heavy atom. The number of H-pyrrole nitrogens is 1. The van der Waals surface area contributed by atoms with Gasteiger partial charge in [0.05, 0.1) is 5.39 Å². The van der Waals surface area contributed by atoms with Crippen LogP contribution in [-0.4, -0.2) is 21.0 Å². The van der Waals surface area contributed by atoms with Crippen molar-refractivity contribution >= 4 is 27.5 Å². The van der Waals surface area contributed by atoms with Gasteiger partial charge in [-0.25, -0.2) is 9.78 Å². The first kappa shape index (κ1) is 14.3. The number of carbonyl (C=O) groups is 1. The number of aromatic nitrogens is 2. The molecule has 0 aliphatic heterocycles. The highest BCUT2D eigenvalue weighted by Gasteiger charge is 2.31. The summed E-state index contributed by atoms with van der Waals surface area (Å²) in [6.07, 6.45) is 2.87. The van der Waals surface area contributed by atoms with E-state index in [9.17, 15) is 9.59 Å². The molecule has 1 unspecified atom stereocenters. The third-order valence-electron chi connectivity index (χ3n) is 4.35. The first-order chi connectivity index (χ1) is 9.77. The van der Waals surface area contributed by atoms with E-state index in [0.717, 1.165) is 24.8 Å². The fourth-order valence-electron chi connectivity index (χ4n) is 3.02. The number of hydrogen-bond acceptors (Lipinski definition) is 4. The van der Waals surface area contributed by atoms with E-state index >= 15 is 0 Å². The predicted octanol–water partition coefficient (Wildman–Crippen LogP) is 2.83. The molecular formula is C15H18N2O3S. The van der Waals surface area contributed by atoms with Crippen LogP contribution in [0.2, 0.25) is 0 Å². The van der Waals surface area contributed by atoms with E-state index in [1.807, 2.05) is 0 Å². The maximum atomic E-state index is 12.2. The van der Waals surface area contributed by atoms with Gasteiger partial charge in [0.1, 0.15) is 4.83 Å². The highest BCUT2D eigenvalue weighted by molar-refractivity contribution is 7.18. The smallest absolute Gasteiger partial charge is 0.372 e. The molecular weight excluding hydrogens is 288 g/mol. The van der Waals surface area contributed by atoms with E-state index in [2.05, 4.69) is 30.7 Å². The van der Waals surface area contributed by atoms with Gasteiger partial charge in [-0.1, -0.05) is 20.8 Å². The lowest BCUT2D eigenvalue weighted by Crippen LogP contribution is -2.26.